The van der Waals surface area contributed by atoms with Crippen LogP contribution in [0.3, 0.4) is 0 Å². The molecule has 0 radical (unpaired) electrons. The fourth-order valence-corrected chi connectivity index (χ4v) is 4.15. The maximum absolute atomic E-state index is 11.9. The first-order valence-electron chi connectivity index (χ1n) is 10.3. The van der Waals surface area contributed by atoms with Gasteiger partial charge in [-0.05, 0) is 50.1 Å². The summed E-state index contributed by atoms with van der Waals surface area (Å²) in [4.78, 5) is 7.34. The summed E-state index contributed by atoms with van der Waals surface area (Å²) in [5.41, 5.74) is 3.70. The molecular formula is C23H31IN4O2S. The molecule has 168 valence electrons. The van der Waals surface area contributed by atoms with Gasteiger partial charge >= 0.3 is 0 Å². The molecule has 6 nitrogen and oxygen atoms in total. The smallest absolute Gasteiger partial charge is 0.240 e. The highest BCUT2D eigenvalue weighted by atomic mass is 127. The van der Waals surface area contributed by atoms with Crippen molar-refractivity contribution in [2.45, 2.75) is 31.2 Å². The first-order valence-corrected chi connectivity index (χ1v) is 11.8. The minimum atomic E-state index is -3.41. The number of likely N-dealkylation sites (tertiary alicyclic amines) is 1. The molecule has 0 saturated carbocycles. The summed E-state index contributed by atoms with van der Waals surface area (Å²) in [5, 5.41) is 3.38. The molecule has 1 saturated heterocycles. The quantitative estimate of drug-likeness (QED) is 0.323. The van der Waals surface area contributed by atoms with E-state index in [1.54, 1.807) is 12.1 Å². The van der Waals surface area contributed by atoms with Gasteiger partial charge in [0, 0.05) is 19.6 Å². The van der Waals surface area contributed by atoms with Crippen molar-refractivity contribution in [1.82, 2.24) is 14.9 Å². The van der Waals surface area contributed by atoms with Gasteiger partial charge in [-0.3, -0.25) is 0 Å². The fraction of sp³-hybridized carbons (Fsp3) is 0.348. The van der Waals surface area contributed by atoms with Crippen molar-refractivity contribution in [3.8, 4) is 0 Å². The average molecular weight is 554 g/mol. The third-order valence-corrected chi connectivity index (χ3v) is 6.55. The normalized spacial score (nSPS) is 14.7. The average Bonchev–Trinajstić information content (AvgIpc) is 2.78. The molecule has 0 atom stereocenters. The zero-order valence-electron chi connectivity index (χ0n) is 18.0. The Balaban J connectivity index is 0.00000341. The summed E-state index contributed by atoms with van der Waals surface area (Å²) in [5.74, 6) is 0.906. The molecule has 1 heterocycles. The molecule has 1 fully saturated rings. The van der Waals surface area contributed by atoms with Crippen LogP contribution < -0.4 is 10.0 Å². The van der Waals surface area contributed by atoms with E-state index in [0.717, 1.165) is 44.0 Å². The maximum Gasteiger partial charge on any atom is 0.240 e. The molecule has 31 heavy (non-hydrogen) atoms. The van der Waals surface area contributed by atoms with Crippen LogP contribution in [-0.2, 0) is 16.6 Å². The molecule has 1 aliphatic rings. The van der Waals surface area contributed by atoms with Gasteiger partial charge in [0.15, 0.2) is 5.96 Å². The molecule has 1 aliphatic heterocycles. The van der Waals surface area contributed by atoms with E-state index in [0.29, 0.717) is 6.54 Å². The fourth-order valence-electron chi connectivity index (χ4n) is 3.42. The lowest BCUT2D eigenvalue weighted by Gasteiger charge is -2.31. The van der Waals surface area contributed by atoms with Crippen molar-refractivity contribution in [2.75, 3.05) is 26.7 Å². The highest BCUT2D eigenvalue weighted by molar-refractivity contribution is 14.0. The van der Waals surface area contributed by atoms with Crippen molar-refractivity contribution in [1.29, 1.82) is 0 Å². The van der Waals surface area contributed by atoms with Gasteiger partial charge in [-0.1, -0.05) is 54.1 Å². The molecule has 0 unspecified atom stereocenters. The van der Waals surface area contributed by atoms with Gasteiger partial charge in [0.25, 0.3) is 0 Å². The van der Waals surface area contributed by atoms with Gasteiger partial charge < -0.3 is 10.2 Å². The minimum Gasteiger partial charge on any atom is -0.357 e. The Labute approximate surface area is 202 Å². The van der Waals surface area contributed by atoms with Crippen LogP contribution in [0.2, 0.25) is 0 Å². The van der Waals surface area contributed by atoms with Crippen LogP contribution in [0.25, 0.3) is 6.08 Å². The number of hydrogen-bond acceptors (Lipinski definition) is 3. The monoisotopic (exact) mass is 554 g/mol. The zero-order chi connectivity index (χ0) is 21.4. The summed E-state index contributed by atoms with van der Waals surface area (Å²) < 4.78 is 26.0. The Morgan fingerprint density at radius 1 is 1.06 bits per heavy atom. The number of aliphatic imine (C=N–C) groups is 1. The lowest BCUT2D eigenvalue weighted by atomic mass is 10.0. The maximum atomic E-state index is 11.9. The standard InChI is InChI=1S/C23H30N4O2S.HI/c1-3-25-23(26-18-21-9-11-22(12-10-21)30(28,29)24-2)27-15-13-20(14-16-27)17-19-7-5-4-6-8-19;/h4-12,17,24H,3,13-16,18H2,1-2H3,(H,25,26);1H. The summed E-state index contributed by atoms with van der Waals surface area (Å²) in [6.07, 6.45) is 4.34. The van der Waals surface area contributed by atoms with E-state index < -0.39 is 10.0 Å². The molecule has 2 N–H and O–H groups in total. The second-order valence-electron chi connectivity index (χ2n) is 7.22. The number of rotatable bonds is 6. The van der Waals surface area contributed by atoms with Crippen molar-refractivity contribution in [3.05, 3.63) is 71.3 Å². The van der Waals surface area contributed by atoms with Crippen molar-refractivity contribution >= 4 is 46.0 Å². The van der Waals surface area contributed by atoms with Crippen LogP contribution in [0.5, 0.6) is 0 Å². The summed E-state index contributed by atoms with van der Waals surface area (Å²) in [6, 6.07) is 17.3. The van der Waals surface area contributed by atoms with Crippen molar-refractivity contribution in [2.24, 2.45) is 4.99 Å². The number of guanidine groups is 1. The van der Waals surface area contributed by atoms with Crippen LogP contribution in [0.15, 0.2) is 70.1 Å². The van der Waals surface area contributed by atoms with E-state index in [9.17, 15) is 8.42 Å². The van der Waals surface area contributed by atoms with E-state index in [1.165, 1.54) is 18.2 Å². The summed E-state index contributed by atoms with van der Waals surface area (Å²) in [6.45, 7) is 5.25. The first kappa shape index (κ1) is 25.4. The van der Waals surface area contributed by atoms with E-state index in [-0.39, 0.29) is 28.9 Å². The molecule has 3 rings (SSSR count). The summed E-state index contributed by atoms with van der Waals surface area (Å²) >= 11 is 0. The zero-order valence-corrected chi connectivity index (χ0v) is 21.2. The highest BCUT2D eigenvalue weighted by Crippen LogP contribution is 2.20. The Morgan fingerprint density at radius 2 is 1.71 bits per heavy atom. The van der Waals surface area contributed by atoms with Gasteiger partial charge in [-0.2, -0.15) is 0 Å². The van der Waals surface area contributed by atoms with E-state index >= 15 is 0 Å². The van der Waals surface area contributed by atoms with Crippen LogP contribution in [0.4, 0.5) is 0 Å². The second kappa shape index (κ2) is 12.2. The second-order valence-corrected chi connectivity index (χ2v) is 9.11. The van der Waals surface area contributed by atoms with E-state index in [2.05, 4.69) is 52.2 Å². The van der Waals surface area contributed by atoms with Gasteiger partial charge in [-0.15, -0.1) is 24.0 Å². The number of nitrogens with one attached hydrogen (secondary N) is 2. The summed E-state index contributed by atoms with van der Waals surface area (Å²) in [7, 11) is -2.00. The minimum absolute atomic E-state index is 0. The van der Waals surface area contributed by atoms with Crippen LogP contribution >= 0.6 is 24.0 Å². The molecule has 8 heteroatoms. The van der Waals surface area contributed by atoms with Crippen molar-refractivity contribution in [3.63, 3.8) is 0 Å². The Bertz CT molecular complexity index is 980. The van der Waals surface area contributed by atoms with Gasteiger partial charge in [-0.25, -0.2) is 18.1 Å². The molecule has 0 bridgehead atoms. The number of hydrogen-bond donors (Lipinski definition) is 2. The number of piperidine rings is 1. The van der Waals surface area contributed by atoms with Gasteiger partial charge in [0.1, 0.15) is 0 Å². The number of halogens is 1. The van der Waals surface area contributed by atoms with Gasteiger partial charge in [0.05, 0.1) is 11.4 Å². The van der Waals surface area contributed by atoms with Crippen LogP contribution in [0, 0.1) is 0 Å². The first-order chi connectivity index (χ1) is 14.5. The van der Waals surface area contributed by atoms with Crippen LogP contribution in [0.1, 0.15) is 30.9 Å². The topological polar surface area (TPSA) is 73.8 Å². The third-order valence-electron chi connectivity index (χ3n) is 5.12. The SMILES string of the molecule is CCNC(=NCc1ccc(S(=O)(=O)NC)cc1)N1CCC(=Cc2ccccc2)CC1.I. The number of nitrogens with zero attached hydrogens (tertiary/aromatic N) is 2. The largest absolute Gasteiger partial charge is 0.357 e. The molecule has 2 aromatic rings. The van der Waals surface area contributed by atoms with Gasteiger partial charge in [0.2, 0.25) is 10.0 Å². The molecular weight excluding hydrogens is 523 g/mol. The number of sulfonamides is 1. The Hall–Kier alpha value is -1.91. The van der Waals surface area contributed by atoms with E-state index in [4.69, 9.17) is 4.99 Å². The van der Waals surface area contributed by atoms with Crippen molar-refractivity contribution < 1.29 is 8.42 Å². The molecule has 2 aromatic carbocycles. The third kappa shape index (κ3) is 7.33. The van der Waals surface area contributed by atoms with E-state index in [1.807, 2.05) is 18.2 Å². The Kier molecular flexibility index (Phi) is 9.98. The predicted octanol–water partition coefficient (Wildman–Crippen LogP) is 3.86. The molecule has 0 aromatic heterocycles. The molecule has 0 amide bonds. The molecule has 0 aliphatic carbocycles. The lowest BCUT2D eigenvalue weighted by molar-refractivity contribution is 0.375. The Morgan fingerprint density at radius 3 is 2.29 bits per heavy atom. The number of benzene rings is 2. The lowest BCUT2D eigenvalue weighted by Crippen LogP contribution is -2.44. The van der Waals surface area contributed by atoms with Crippen LogP contribution in [-0.4, -0.2) is 46.0 Å². The highest BCUT2D eigenvalue weighted by Gasteiger charge is 2.17. The molecule has 0 spiro atoms. The predicted molar refractivity (Wildman–Crippen MR) is 138 cm³/mol.